The number of hydrogen-bond donors (Lipinski definition) is 1. The van der Waals surface area contributed by atoms with Crippen LogP contribution in [0.3, 0.4) is 0 Å². The molecule has 16 heavy (non-hydrogen) atoms. The first-order valence-electron chi connectivity index (χ1n) is 4.52. The third kappa shape index (κ3) is 2.13. The van der Waals surface area contributed by atoms with Crippen LogP contribution in [-0.2, 0) is 0 Å². The highest BCUT2D eigenvalue weighted by molar-refractivity contribution is 6.35. The summed E-state index contributed by atoms with van der Waals surface area (Å²) < 4.78 is 13.6. The third-order valence-corrected chi connectivity index (χ3v) is 2.59. The largest absolute Gasteiger partial charge is 0.505 e. The average molecular weight is 257 g/mol. The molecule has 1 N–H and O–H groups in total. The van der Waals surface area contributed by atoms with Crippen molar-refractivity contribution in [1.82, 2.24) is 0 Å². The first-order valence-corrected chi connectivity index (χ1v) is 5.27. The van der Waals surface area contributed by atoms with E-state index in [0.29, 0.717) is 15.6 Å². The highest BCUT2D eigenvalue weighted by Gasteiger charge is 2.10. The van der Waals surface area contributed by atoms with Gasteiger partial charge in [0.2, 0.25) is 0 Å². The fourth-order valence-corrected chi connectivity index (χ4v) is 1.98. The van der Waals surface area contributed by atoms with Crippen LogP contribution in [0.4, 0.5) is 4.39 Å². The van der Waals surface area contributed by atoms with Crippen molar-refractivity contribution >= 4 is 23.2 Å². The van der Waals surface area contributed by atoms with E-state index in [1.54, 1.807) is 30.3 Å². The third-order valence-electron chi connectivity index (χ3n) is 2.15. The minimum absolute atomic E-state index is 0.268. The van der Waals surface area contributed by atoms with Gasteiger partial charge in [-0.1, -0.05) is 35.3 Å². The lowest BCUT2D eigenvalue weighted by atomic mass is 10.0. The zero-order valence-electron chi connectivity index (χ0n) is 8.05. The van der Waals surface area contributed by atoms with Crippen molar-refractivity contribution < 1.29 is 9.50 Å². The van der Waals surface area contributed by atoms with Gasteiger partial charge in [0.15, 0.2) is 11.6 Å². The Morgan fingerprint density at radius 1 is 1.00 bits per heavy atom. The van der Waals surface area contributed by atoms with E-state index in [-0.39, 0.29) is 5.56 Å². The number of halogens is 3. The molecule has 1 nitrogen and oxygen atoms in total. The van der Waals surface area contributed by atoms with Crippen LogP contribution in [0.2, 0.25) is 10.0 Å². The quantitative estimate of drug-likeness (QED) is 0.797. The van der Waals surface area contributed by atoms with E-state index in [1.807, 2.05) is 0 Å². The van der Waals surface area contributed by atoms with Gasteiger partial charge in [0.05, 0.1) is 0 Å². The molecule has 0 atom stereocenters. The molecule has 0 heterocycles. The normalized spacial score (nSPS) is 10.4. The highest BCUT2D eigenvalue weighted by atomic mass is 35.5. The molecule has 0 aromatic heterocycles. The second-order valence-electron chi connectivity index (χ2n) is 3.30. The van der Waals surface area contributed by atoms with Gasteiger partial charge < -0.3 is 5.11 Å². The Morgan fingerprint density at radius 3 is 2.25 bits per heavy atom. The van der Waals surface area contributed by atoms with Gasteiger partial charge >= 0.3 is 0 Å². The summed E-state index contributed by atoms with van der Waals surface area (Å²) in [7, 11) is 0. The summed E-state index contributed by atoms with van der Waals surface area (Å²) in [6.45, 7) is 0. The van der Waals surface area contributed by atoms with Gasteiger partial charge in [-0.25, -0.2) is 4.39 Å². The minimum atomic E-state index is -0.680. The number of phenols is 1. The summed E-state index contributed by atoms with van der Waals surface area (Å²) in [5.74, 6) is -1.07. The van der Waals surface area contributed by atoms with Crippen molar-refractivity contribution in [2.75, 3.05) is 0 Å². The minimum Gasteiger partial charge on any atom is -0.505 e. The molecule has 0 spiro atoms. The Bertz CT molecular complexity index is 520. The molecule has 0 bridgehead atoms. The van der Waals surface area contributed by atoms with Crippen molar-refractivity contribution in [3.8, 4) is 16.9 Å². The smallest absolute Gasteiger partial charge is 0.172 e. The zero-order valence-corrected chi connectivity index (χ0v) is 9.56. The zero-order chi connectivity index (χ0) is 11.7. The molecule has 0 aliphatic rings. The SMILES string of the molecule is Oc1cccc(-c2cc(Cl)cc(Cl)c2)c1F. The van der Waals surface area contributed by atoms with Crippen LogP contribution in [-0.4, -0.2) is 5.11 Å². The lowest BCUT2D eigenvalue weighted by Crippen LogP contribution is -1.85. The maximum Gasteiger partial charge on any atom is 0.172 e. The van der Waals surface area contributed by atoms with Gasteiger partial charge in [-0.2, -0.15) is 0 Å². The van der Waals surface area contributed by atoms with Gasteiger partial charge in [-0.3, -0.25) is 0 Å². The fourth-order valence-electron chi connectivity index (χ4n) is 1.45. The summed E-state index contributed by atoms with van der Waals surface area (Å²) in [4.78, 5) is 0. The molecule has 0 radical (unpaired) electrons. The predicted octanol–water partition coefficient (Wildman–Crippen LogP) is 4.51. The summed E-state index contributed by atoms with van der Waals surface area (Å²) in [6.07, 6.45) is 0. The predicted molar refractivity (Wildman–Crippen MR) is 63.5 cm³/mol. The molecule has 82 valence electrons. The van der Waals surface area contributed by atoms with E-state index in [1.165, 1.54) is 6.07 Å². The van der Waals surface area contributed by atoms with Crippen molar-refractivity contribution in [3.63, 3.8) is 0 Å². The molecule has 0 aliphatic heterocycles. The molecule has 2 rings (SSSR count). The van der Waals surface area contributed by atoms with Gasteiger partial charge in [0.1, 0.15) is 0 Å². The Balaban J connectivity index is 2.63. The molecular formula is C12H7Cl2FO. The standard InChI is InChI=1S/C12H7Cl2FO/c13-8-4-7(5-9(14)6-8)10-2-1-3-11(16)12(10)15/h1-6,16H. The molecule has 0 amide bonds. The molecule has 0 saturated carbocycles. The van der Waals surface area contributed by atoms with E-state index in [4.69, 9.17) is 23.2 Å². The van der Waals surface area contributed by atoms with Gasteiger partial charge in [0, 0.05) is 15.6 Å². The average Bonchev–Trinajstić information content (AvgIpc) is 2.20. The van der Waals surface area contributed by atoms with Crippen LogP contribution < -0.4 is 0 Å². The summed E-state index contributed by atoms with van der Waals surface area (Å²) in [5, 5.41) is 10.1. The fraction of sp³-hybridized carbons (Fsp3) is 0. The molecule has 0 unspecified atom stereocenters. The topological polar surface area (TPSA) is 20.2 Å². The van der Waals surface area contributed by atoms with E-state index in [2.05, 4.69) is 0 Å². The number of rotatable bonds is 1. The second-order valence-corrected chi connectivity index (χ2v) is 4.17. The van der Waals surface area contributed by atoms with Crippen LogP contribution in [0, 0.1) is 5.82 Å². The number of hydrogen-bond acceptors (Lipinski definition) is 1. The molecule has 0 saturated heterocycles. The molecule has 2 aromatic carbocycles. The second kappa shape index (κ2) is 4.32. The molecule has 2 aromatic rings. The van der Waals surface area contributed by atoms with Crippen molar-refractivity contribution in [1.29, 1.82) is 0 Å². The number of benzene rings is 2. The first-order chi connectivity index (χ1) is 7.58. The van der Waals surface area contributed by atoms with E-state index >= 15 is 0 Å². The Labute approximate surface area is 102 Å². The lowest BCUT2D eigenvalue weighted by molar-refractivity contribution is 0.433. The van der Waals surface area contributed by atoms with Crippen LogP contribution in [0.1, 0.15) is 0 Å². The van der Waals surface area contributed by atoms with Gasteiger partial charge in [0.25, 0.3) is 0 Å². The van der Waals surface area contributed by atoms with Crippen LogP contribution in [0.15, 0.2) is 36.4 Å². The first kappa shape index (κ1) is 11.2. The van der Waals surface area contributed by atoms with Crippen LogP contribution in [0.5, 0.6) is 5.75 Å². The highest BCUT2D eigenvalue weighted by Crippen LogP contribution is 2.31. The monoisotopic (exact) mass is 256 g/mol. The van der Waals surface area contributed by atoms with Gasteiger partial charge in [-0.15, -0.1) is 0 Å². The molecule has 0 aliphatic carbocycles. The lowest BCUT2D eigenvalue weighted by Gasteiger charge is -2.06. The summed E-state index contributed by atoms with van der Waals surface area (Å²) >= 11 is 11.6. The Morgan fingerprint density at radius 2 is 1.62 bits per heavy atom. The van der Waals surface area contributed by atoms with Crippen molar-refractivity contribution in [3.05, 3.63) is 52.3 Å². The maximum absolute atomic E-state index is 13.6. The number of aromatic hydroxyl groups is 1. The molecule has 0 fully saturated rings. The summed E-state index contributed by atoms with van der Waals surface area (Å²) in [6, 6.07) is 9.13. The van der Waals surface area contributed by atoms with Crippen LogP contribution in [0.25, 0.3) is 11.1 Å². The van der Waals surface area contributed by atoms with Crippen molar-refractivity contribution in [2.24, 2.45) is 0 Å². The Hall–Kier alpha value is -1.25. The van der Waals surface area contributed by atoms with Gasteiger partial charge in [-0.05, 0) is 29.8 Å². The van der Waals surface area contributed by atoms with Crippen molar-refractivity contribution in [2.45, 2.75) is 0 Å². The van der Waals surface area contributed by atoms with E-state index in [0.717, 1.165) is 0 Å². The van der Waals surface area contributed by atoms with E-state index in [9.17, 15) is 9.50 Å². The van der Waals surface area contributed by atoms with Crippen LogP contribution >= 0.6 is 23.2 Å². The van der Waals surface area contributed by atoms with E-state index < -0.39 is 11.6 Å². The molecule has 4 heteroatoms. The number of phenolic OH excluding ortho intramolecular Hbond substituents is 1. The Kier molecular flexibility index (Phi) is 3.03. The summed E-state index contributed by atoms with van der Waals surface area (Å²) in [5.41, 5.74) is 0.801. The molecular weight excluding hydrogens is 250 g/mol. The maximum atomic E-state index is 13.6.